The number of carbonyl (C=O) groups excluding carboxylic acids is 3. The quantitative estimate of drug-likeness (QED) is 0.0261. The van der Waals surface area contributed by atoms with Crippen molar-refractivity contribution in [3.05, 3.63) is 158 Å². The summed E-state index contributed by atoms with van der Waals surface area (Å²) in [5, 5.41) is 0. The largest absolute Gasteiger partial charge is 0.462 e. The lowest BCUT2D eigenvalue weighted by atomic mass is 10.1. The van der Waals surface area contributed by atoms with Gasteiger partial charge in [0.05, 0.1) is 0 Å². The molecule has 0 rings (SSSR count). The lowest BCUT2D eigenvalue weighted by molar-refractivity contribution is -0.167. The highest BCUT2D eigenvalue weighted by atomic mass is 16.6. The number of unbranched alkanes of at least 4 members (excludes halogenated alkanes) is 13. The molecule has 0 aliphatic carbocycles. The molecule has 0 fully saturated rings. The van der Waals surface area contributed by atoms with Crippen LogP contribution in [0.1, 0.15) is 226 Å². The molecular formula is C67H104O6. The third-order valence-corrected chi connectivity index (χ3v) is 11.5. The van der Waals surface area contributed by atoms with Gasteiger partial charge in [0, 0.05) is 19.3 Å². The smallest absolute Gasteiger partial charge is 0.306 e. The van der Waals surface area contributed by atoms with Crippen molar-refractivity contribution in [3.8, 4) is 0 Å². The predicted octanol–water partition coefficient (Wildman–Crippen LogP) is 19.8. The molecule has 0 amide bonds. The van der Waals surface area contributed by atoms with E-state index in [0.717, 1.165) is 154 Å². The van der Waals surface area contributed by atoms with Crippen LogP contribution in [0, 0.1) is 0 Å². The zero-order chi connectivity index (χ0) is 52.9. The van der Waals surface area contributed by atoms with Gasteiger partial charge in [-0.3, -0.25) is 14.4 Å². The van der Waals surface area contributed by atoms with E-state index >= 15 is 0 Å². The summed E-state index contributed by atoms with van der Waals surface area (Å²) < 4.78 is 16.8. The molecule has 6 nitrogen and oxygen atoms in total. The van der Waals surface area contributed by atoms with Crippen LogP contribution >= 0.6 is 0 Å². The van der Waals surface area contributed by atoms with Crippen LogP contribution < -0.4 is 0 Å². The van der Waals surface area contributed by atoms with E-state index in [4.69, 9.17) is 14.2 Å². The first-order valence-corrected chi connectivity index (χ1v) is 29.0. The Morgan fingerprint density at radius 1 is 0.274 bits per heavy atom. The summed E-state index contributed by atoms with van der Waals surface area (Å²) in [6.07, 6.45) is 86.8. The predicted molar refractivity (Wildman–Crippen MR) is 315 cm³/mol. The van der Waals surface area contributed by atoms with E-state index in [1.807, 2.05) is 0 Å². The van der Waals surface area contributed by atoms with Gasteiger partial charge in [-0.2, -0.15) is 0 Å². The molecule has 0 saturated heterocycles. The molecule has 408 valence electrons. The molecule has 1 unspecified atom stereocenters. The zero-order valence-electron chi connectivity index (χ0n) is 46.6. The van der Waals surface area contributed by atoms with Crippen LogP contribution in [0.4, 0.5) is 0 Å². The van der Waals surface area contributed by atoms with Crippen LogP contribution in [-0.4, -0.2) is 37.2 Å². The molecule has 0 aromatic heterocycles. The van der Waals surface area contributed by atoms with E-state index in [0.29, 0.717) is 19.3 Å². The maximum atomic E-state index is 12.8. The number of carbonyl (C=O) groups is 3. The Hall–Kier alpha value is -4.97. The van der Waals surface area contributed by atoms with Gasteiger partial charge in [-0.1, -0.05) is 224 Å². The second-order valence-electron chi connectivity index (χ2n) is 18.4. The molecule has 6 heteroatoms. The monoisotopic (exact) mass is 1000 g/mol. The number of allylic oxidation sites excluding steroid dienone is 26. The Morgan fingerprint density at radius 2 is 0.493 bits per heavy atom. The van der Waals surface area contributed by atoms with Crippen molar-refractivity contribution >= 4 is 17.9 Å². The second kappa shape index (κ2) is 59.6. The Kier molecular flexibility index (Phi) is 55.5. The van der Waals surface area contributed by atoms with Gasteiger partial charge in [0.15, 0.2) is 6.10 Å². The van der Waals surface area contributed by atoms with Crippen molar-refractivity contribution in [2.75, 3.05) is 13.2 Å². The molecule has 73 heavy (non-hydrogen) atoms. The van der Waals surface area contributed by atoms with Gasteiger partial charge in [0.2, 0.25) is 0 Å². The lowest BCUT2D eigenvalue weighted by Gasteiger charge is -2.18. The molecule has 0 aliphatic rings. The van der Waals surface area contributed by atoms with Crippen LogP contribution in [-0.2, 0) is 28.6 Å². The van der Waals surface area contributed by atoms with Crippen molar-refractivity contribution in [3.63, 3.8) is 0 Å². The average molecular weight is 1010 g/mol. The number of esters is 3. The van der Waals surface area contributed by atoms with Gasteiger partial charge < -0.3 is 14.2 Å². The molecule has 0 heterocycles. The Morgan fingerprint density at radius 3 is 0.781 bits per heavy atom. The SMILES string of the molecule is CC/C=C\C/C=C\C/C=C\C/C=C\C/C=C\C/C=C\C/C=C\CCCCCCCCCC(=O)OCC(COC(=O)CCCCC/C=C\C/C=C\C/C=C\CC)OC(=O)CCCCC/C=C\C/C=C\C/C=C\CC. The minimum atomic E-state index is -0.817. The molecule has 0 spiro atoms. The third kappa shape index (κ3) is 57.8. The van der Waals surface area contributed by atoms with Crippen molar-refractivity contribution in [2.45, 2.75) is 232 Å². The summed E-state index contributed by atoms with van der Waals surface area (Å²) in [4.78, 5) is 38.1. The maximum absolute atomic E-state index is 12.8. The van der Waals surface area contributed by atoms with Crippen LogP contribution in [0.5, 0.6) is 0 Å². The first-order chi connectivity index (χ1) is 36.0. The van der Waals surface area contributed by atoms with Crippen LogP contribution in [0.3, 0.4) is 0 Å². The molecule has 0 aliphatic heterocycles. The summed E-state index contributed by atoms with van der Waals surface area (Å²) >= 11 is 0. The topological polar surface area (TPSA) is 78.9 Å². The fourth-order valence-electron chi connectivity index (χ4n) is 7.27. The third-order valence-electron chi connectivity index (χ3n) is 11.5. The molecule has 0 aromatic rings. The first-order valence-electron chi connectivity index (χ1n) is 29.0. The number of hydrogen-bond donors (Lipinski definition) is 0. The highest BCUT2D eigenvalue weighted by Gasteiger charge is 2.19. The zero-order valence-corrected chi connectivity index (χ0v) is 46.6. The average Bonchev–Trinajstić information content (AvgIpc) is 3.39. The number of hydrogen-bond acceptors (Lipinski definition) is 6. The molecule has 1 atom stereocenters. The van der Waals surface area contributed by atoms with E-state index in [1.165, 1.54) is 25.7 Å². The van der Waals surface area contributed by atoms with Crippen LogP contribution in [0.25, 0.3) is 0 Å². The standard InChI is InChI=1S/C67H104O6/c1-4-7-10-13-16-19-22-25-26-27-28-29-30-31-32-33-34-35-36-37-38-39-40-43-45-48-51-54-57-60-66(69)72-63-64(73-67(70)61-58-55-52-49-46-42-24-21-18-15-12-9-6-3)62-71-65(68)59-56-53-50-47-44-41-23-20-17-14-11-8-5-2/h7-12,16-21,25-26,28-29,31-32,34-35,37-38,41-42,44,46,64H,4-6,13-15,22-24,27,30,33,36,39-40,43,45,47-63H2,1-3H3/b10-7-,11-8-,12-9-,19-16-,20-17-,21-18-,26-25-,29-28-,32-31-,35-34-,38-37-,44-41-,46-42-. The molecule has 0 radical (unpaired) electrons. The highest BCUT2D eigenvalue weighted by Crippen LogP contribution is 2.13. The molecule has 0 aromatic carbocycles. The number of rotatable bonds is 50. The van der Waals surface area contributed by atoms with Gasteiger partial charge in [-0.15, -0.1) is 0 Å². The van der Waals surface area contributed by atoms with Gasteiger partial charge in [0.1, 0.15) is 13.2 Å². The summed E-state index contributed by atoms with van der Waals surface area (Å²) in [7, 11) is 0. The normalized spacial score (nSPS) is 13.3. The summed E-state index contributed by atoms with van der Waals surface area (Å²) in [5.74, 6) is -0.992. The molecule has 0 N–H and O–H groups in total. The van der Waals surface area contributed by atoms with Crippen molar-refractivity contribution in [1.82, 2.24) is 0 Å². The van der Waals surface area contributed by atoms with Crippen LogP contribution in [0.15, 0.2) is 158 Å². The van der Waals surface area contributed by atoms with Gasteiger partial charge in [0.25, 0.3) is 0 Å². The second-order valence-corrected chi connectivity index (χ2v) is 18.4. The Labute approximate surface area is 448 Å². The van der Waals surface area contributed by atoms with E-state index in [-0.39, 0.29) is 37.5 Å². The molecule has 0 bridgehead atoms. The summed E-state index contributed by atoms with van der Waals surface area (Å²) in [6, 6.07) is 0. The van der Waals surface area contributed by atoms with Crippen molar-refractivity contribution in [2.24, 2.45) is 0 Å². The van der Waals surface area contributed by atoms with Gasteiger partial charge in [-0.05, 0) is 141 Å². The number of ether oxygens (including phenoxy) is 3. The van der Waals surface area contributed by atoms with Crippen molar-refractivity contribution in [1.29, 1.82) is 0 Å². The minimum Gasteiger partial charge on any atom is -0.462 e. The van der Waals surface area contributed by atoms with E-state index in [1.54, 1.807) is 0 Å². The fourth-order valence-corrected chi connectivity index (χ4v) is 7.27. The summed E-state index contributed by atoms with van der Waals surface area (Å²) in [6.45, 7) is 6.21. The first kappa shape index (κ1) is 68.0. The van der Waals surface area contributed by atoms with Crippen LogP contribution in [0.2, 0.25) is 0 Å². The van der Waals surface area contributed by atoms with E-state index < -0.39 is 6.10 Å². The van der Waals surface area contributed by atoms with E-state index in [2.05, 4.69) is 179 Å². The molecule has 0 saturated carbocycles. The Bertz CT molecular complexity index is 1670. The highest BCUT2D eigenvalue weighted by molar-refractivity contribution is 5.71. The fraction of sp³-hybridized carbons (Fsp3) is 0.567. The summed E-state index contributed by atoms with van der Waals surface area (Å²) in [5.41, 5.74) is 0. The Balaban J connectivity index is 4.36. The van der Waals surface area contributed by atoms with E-state index in [9.17, 15) is 14.4 Å². The van der Waals surface area contributed by atoms with Gasteiger partial charge in [-0.25, -0.2) is 0 Å². The maximum Gasteiger partial charge on any atom is 0.306 e. The van der Waals surface area contributed by atoms with Gasteiger partial charge >= 0.3 is 17.9 Å². The molecular weight excluding hydrogens is 901 g/mol. The minimum absolute atomic E-state index is 0.112. The van der Waals surface area contributed by atoms with Crippen molar-refractivity contribution < 1.29 is 28.6 Å². The lowest BCUT2D eigenvalue weighted by Crippen LogP contribution is -2.30.